The largest absolute Gasteiger partial charge is 0.336 e. The molecule has 0 radical (unpaired) electrons. The summed E-state index contributed by atoms with van der Waals surface area (Å²) < 4.78 is 0. The summed E-state index contributed by atoms with van der Waals surface area (Å²) in [6.45, 7) is 0.755. The molecule has 0 N–H and O–H groups in total. The molecular weight excluding hydrogens is 252 g/mol. The molecule has 5 nitrogen and oxygen atoms in total. The molecule has 5 heteroatoms. The second kappa shape index (κ2) is 6.16. The highest BCUT2D eigenvalue weighted by Gasteiger charge is 2.46. The van der Waals surface area contributed by atoms with Gasteiger partial charge in [-0.1, -0.05) is 6.07 Å². The fraction of sp³-hybridized carbons (Fsp3) is 0.467. The normalized spacial score (nSPS) is 15.5. The van der Waals surface area contributed by atoms with Crippen LogP contribution in [-0.2, 0) is 11.3 Å². The van der Waals surface area contributed by atoms with Crippen LogP contribution in [0.15, 0.2) is 24.5 Å². The maximum absolute atomic E-state index is 12.6. The lowest BCUT2D eigenvalue weighted by molar-refractivity contribution is -0.143. The average molecular weight is 268 g/mol. The van der Waals surface area contributed by atoms with E-state index in [1.165, 1.54) is 0 Å². The Kier molecular flexibility index (Phi) is 4.32. The zero-order valence-electron chi connectivity index (χ0n) is 11.2. The molecule has 2 rings (SSSR count). The summed E-state index contributed by atoms with van der Waals surface area (Å²) in [6, 6.07) is 7.92. The van der Waals surface area contributed by atoms with E-state index in [4.69, 9.17) is 5.26 Å². The van der Waals surface area contributed by atoms with Gasteiger partial charge in [-0.15, -0.1) is 0 Å². The van der Waals surface area contributed by atoms with Crippen LogP contribution in [0.25, 0.3) is 0 Å². The van der Waals surface area contributed by atoms with Crippen molar-refractivity contribution in [1.29, 1.82) is 10.5 Å². The number of carbonyl (C=O) groups excluding carboxylic acids is 1. The van der Waals surface area contributed by atoms with Crippen LogP contribution in [0, 0.1) is 28.1 Å². The third-order valence-electron chi connectivity index (χ3n) is 3.71. The number of hydrogen-bond acceptors (Lipinski definition) is 4. The quantitative estimate of drug-likeness (QED) is 0.818. The van der Waals surface area contributed by atoms with Crippen molar-refractivity contribution in [3.8, 4) is 12.1 Å². The molecule has 0 aliphatic heterocycles. The number of nitrogens with zero attached hydrogens (tertiary/aromatic N) is 4. The lowest BCUT2D eigenvalue weighted by Crippen LogP contribution is -2.47. The molecule has 0 bridgehead atoms. The fourth-order valence-corrected chi connectivity index (χ4v) is 2.36. The Morgan fingerprint density at radius 1 is 1.45 bits per heavy atom. The number of carbonyl (C=O) groups is 1. The van der Waals surface area contributed by atoms with Gasteiger partial charge in [0, 0.05) is 25.5 Å². The van der Waals surface area contributed by atoms with Gasteiger partial charge < -0.3 is 4.90 Å². The second-order valence-corrected chi connectivity index (χ2v) is 5.04. The van der Waals surface area contributed by atoms with Gasteiger partial charge in [0.2, 0.25) is 5.91 Å². The molecule has 0 atom stereocenters. The minimum Gasteiger partial charge on any atom is -0.336 e. The molecule has 1 fully saturated rings. The Labute approximate surface area is 118 Å². The van der Waals surface area contributed by atoms with Crippen molar-refractivity contribution < 1.29 is 4.79 Å². The van der Waals surface area contributed by atoms with Crippen LogP contribution < -0.4 is 0 Å². The maximum atomic E-state index is 12.6. The summed E-state index contributed by atoms with van der Waals surface area (Å²) >= 11 is 0. The fourth-order valence-electron chi connectivity index (χ4n) is 2.36. The molecule has 1 amide bonds. The summed E-state index contributed by atoms with van der Waals surface area (Å²) in [7, 11) is 0. The predicted molar refractivity (Wildman–Crippen MR) is 71.8 cm³/mol. The van der Waals surface area contributed by atoms with E-state index in [1.807, 2.05) is 12.1 Å². The smallest absolute Gasteiger partial charge is 0.243 e. The highest BCUT2D eigenvalue weighted by molar-refractivity contribution is 5.86. The van der Waals surface area contributed by atoms with Gasteiger partial charge >= 0.3 is 0 Å². The number of rotatable bonds is 5. The van der Waals surface area contributed by atoms with Gasteiger partial charge in [-0.05, 0) is 30.9 Å². The van der Waals surface area contributed by atoms with E-state index < -0.39 is 5.41 Å². The Bertz CT molecular complexity index is 551. The van der Waals surface area contributed by atoms with Crippen LogP contribution in [0.1, 0.15) is 31.2 Å². The van der Waals surface area contributed by atoms with Crippen LogP contribution in [0.4, 0.5) is 0 Å². The molecular formula is C15H16N4O. The van der Waals surface area contributed by atoms with Gasteiger partial charge in [0.05, 0.1) is 18.6 Å². The van der Waals surface area contributed by atoms with Gasteiger partial charge in [0.15, 0.2) is 0 Å². The molecule has 1 aromatic rings. The third-order valence-corrected chi connectivity index (χ3v) is 3.71. The van der Waals surface area contributed by atoms with Gasteiger partial charge in [-0.2, -0.15) is 10.5 Å². The van der Waals surface area contributed by atoms with E-state index in [2.05, 4.69) is 17.1 Å². The number of amides is 1. The summed E-state index contributed by atoms with van der Waals surface area (Å²) in [4.78, 5) is 18.2. The molecule has 0 spiro atoms. The molecule has 1 saturated carbocycles. The van der Waals surface area contributed by atoms with E-state index in [-0.39, 0.29) is 12.3 Å². The molecule has 1 aliphatic carbocycles. The first-order chi connectivity index (χ1) is 9.72. The summed E-state index contributed by atoms with van der Waals surface area (Å²) in [5, 5.41) is 18.0. The van der Waals surface area contributed by atoms with Crippen molar-refractivity contribution in [2.24, 2.45) is 5.41 Å². The summed E-state index contributed by atoms with van der Waals surface area (Å²) in [6.07, 6.45) is 5.81. The number of pyridine rings is 1. The van der Waals surface area contributed by atoms with Gasteiger partial charge in [-0.25, -0.2) is 0 Å². The topological polar surface area (TPSA) is 80.8 Å². The monoisotopic (exact) mass is 268 g/mol. The Hall–Kier alpha value is -2.40. The minimum atomic E-state index is -0.863. The molecule has 1 aromatic heterocycles. The second-order valence-electron chi connectivity index (χ2n) is 5.04. The first-order valence-electron chi connectivity index (χ1n) is 6.68. The lowest BCUT2D eigenvalue weighted by Gasteiger charge is -2.38. The van der Waals surface area contributed by atoms with Crippen LogP contribution >= 0.6 is 0 Å². The zero-order chi connectivity index (χ0) is 14.4. The lowest BCUT2D eigenvalue weighted by atomic mass is 9.69. The van der Waals surface area contributed by atoms with Gasteiger partial charge in [-0.3, -0.25) is 9.78 Å². The summed E-state index contributed by atoms with van der Waals surface area (Å²) in [5.74, 6) is -0.148. The Morgan fingerprint density at radius 2 is 2.25 bits per heavy atom. The molecule has 0 unspecified atom stereocenters. The van der Waals surface area contributed by atoms with Crippen LogP contribution in [0.2, 0.25) is 0 Å². The first kappa shape index (κ1) is 14.0. The van der Waals surface area contributed by atoms with Crippen LogP contribution in [0.5, 0.6) is 0 Å². The van der Waals surface area contributed by atoms with Gasteiger partial charge in [0.1, 0.15) is 5.41 Å². The van der Waals surface area contributed by atoms with Crippen molar-refractivity contribution in [2.75, 3.05) is 6.54 Å². The van der Waals surface area contributed by atoms with E-state index >= 15 is 0 Å². The van der Waals surface area contributed by atoms with E-state index in [9.17, 15) is 10.1 Å². The Morgan fingerprint density at radius 3 is 2.75 bits per heavy atom. The minimum absolute atomic E-state index is 0.148. The highest BCUT2D eigenvalue weighted by atomic mass is 16.2. The predicted octanol–water partition coefficient (Wildman–Crippen LogP) is 2.02. The van der Waals surface area contributed by atoms with Crippen molar-refractivity contribution in [3.63, 3.8) is 0 Å². The zero-order valence-corrected chi connectivity index (χ0v) is 11.2. The highest BCUT2D eigenvalue weighted by Crippen LogP contribution is 2.42. The van der Waals surface area contributed by atoms with Crippen molar-refractivity contribution in [2.45, 2.75) is 32.2 Å². The maximum Gasteiger partial charge on any atom is 0.243 e. The van der Waals surface area contributed by atoms with Crippen molar-refractivity contribution in [1.82, 2.24) is 9.88 Å². The SMILES string of the molecule is N#CCCN(Cc1cccnc1)C(=O)C1(C#N)CCC1. The van der Waals surface area contributed by atoms with E-state index in [1.54, 1.807) is 17.3 Å². The molecule has 1 aliphatic rings. The molecule has 1 heterocycles. The number of aromatic nitrogens is 1. The number of nitriles is 2. The molecule has 20 heavy (non-hydrogen) atoms. The Balaban J connectivity index is 2.13. The standard InChI is InChI=1S/C15H16N4O/c16-7-3-9-19(11-13-4-1-8-18-10-13)14(20)15(12-17)5-2-6-15/h1,4,8,10H,2-3,5-6,9,11H2. The van der Waals surface area contributed by atoms with Gasteiger partial charge in [0.25, 0.3) is 0 Å². The van der Waals surface area contributed by atoms with Crippen molar-refractivity contribution in [3.05, 3.63) is 30.1 Å². The average Bonchev–Trinajstić information content (AvgIpc) is 2.44. The molecule has 0 saturated heterocycles. The van der Waals surface area contributed by atoms with E-state index in [0.29, 0.717) is 25.9 Å². The molecule has 0 aromatic carbocycles. The summed E-state index contributed by atoms with van der Waals surface area (Å²) in [5.41, 5.74) is 0.0451. The number of hydrogen-bond donors (Lipinski definition) is 0. The van der Waals surface area contributed by atoms with Crippen LogP contribution in [-0.4, -0.2) is 22.3 Å². The molecule has 102 valence electrons. The van der Waals surface area contributed by atoms with Crippen LogP contribution in [0.3, 0.4) is 0 Å². The third kappa shape index (κ3) is 2.78. The van der Waals surface area contributed by atoms with E-state index in [0.717, 1.165) is 12.0 Å². The first-order valence-corrected chi connectivity index (χ1v) is 6.68. The van der Waals surface area contributed by atoms with Crippen molar-refractivity contribution >= 4 is 5.91 Å².